The molecule has 0 amide bonds. The van der Waals surface area contributed by atoms with Crippen LogP contribution in [0.1, 0.15) is 36.9 Å². The molecule has 0 spiro atoms. The van der Waals surface area contributed by atoms with Crippen LogP contribution in [0, 0.1) is 0 Å². The van der Waals surface area contributed by atoms with Gasteiger partial charge in [0.25, 0.3) is 0 Å². The Kier molecular flexibility index (Phi) is 8.21. The number of hydrogen-bond acceptors (Lipinski definition) is 4. The van der Waals surface area contributed by atoms with E-state index in [0.717, 1.165) is 10.1 Å². The van der Waals surface area contributed by atoms with Crippen molar-refractivity contribution in [1.82, 2.24) is 20.4 Å². The number of halogens is 4. The molecular weight excluding hydrogens is 526 g/mol. The van der Waals surface area contributed by atoms with Gasteiger partial charge in [0.15, 0.2) is 23.0 Å². The maximum Gasteiger partial charge on any atom is 0.435 e. The number of furan rings is 1. The van der Waals surface area contributed by atoms with E-state index < -0.39 is 11.9 Å². The molecule has 0 fully saturated rings. The molecule has 0 radical (unpaired) electrons. The van der Waals surface area contributed by atoms with Gasteiger partial charge in [-0.05, 0) is 26.0 Å². The SMILES string of the molecule is CCOc1cccc2cc(C(C)NC(=NC)NCc3cn(C)nc3C(F)(F)F)oc12.I. The van der Waals surface area contributed by atoms with Crippen LogP contribution in [0.25, 0.3) is 11.0 Å². The largest absolute Gasteiger partial charge is 0.490 e. The van der Waals surface area contributed by atoms with E-state index in [9.17, 15) is 13.2 Å². The number of nitrogens with one attached hydrogen (secondary N) is 2. The zero-order valence-corrected chi connectivity index (χ0v) is 19.9. The van der Waals surface area contributed by atoms with E-state index in [1.54, 1.807) is 7.05 Å². The molecule has 0 aliphatic rings. The Morgan fingerprint density at radius 2 is 2.10 bits per heavy atom. The molecule has 2 heterocycles. The summed E-state index contributed by atoms with van der Waals surface area (Å²) in [5.74, 6) is 1.65. The number of alkyl halides is 3. The molecule has 0 bridgehead atoms. The molecule has 31 heavy (non-hydrogen) atoms. The summed E-state index contributed by atoms with van der Waals surface area (Å²) in [5.41, 5.74) is -0.233. The number of aromatic nitrogens is 2. The minimum atomic E-state index is -4.52. The van der Waals surface area contributed by atoms with Gasteiger partial charge in [0.05, 0.1) is 12.6 Å². The summed E-state index contributed by atoms with van der Waals surface area (Å²) in [7, 11) is 2.99. The van der Waals surface area contributed by atoms with E-state index in [1.165, 1.54) is 13.2 Å². The highest BCUT2D eigenvalue weighted by Crippen LogP contribution is 2.32. The zero-order chi connectivity index (χ0) is 21.9. The normalized spacial score (nSPS) is 13.1. The van der Waals surface area contributed by atoms with E-state index in [1.807, 2.05) is 38.1 Å². The van der Waals surface area contributed by atoms with Crippen molar-refractivity contribution in [1.29, 1.82) is 0 Å². The fourth-order valence-corrected chi connectivity index (χ4v) is 3.09. The predicted octanol–water partition coefficient (Wildman–Crippen LogP) is 4.63. The van der Waals surface area contributed by atoms with Crippen molar-refractivity contribution in [3.05, 3.63) is 47.5 Å². The predicted molar refractivity (Wildman–Crippen MR) is 123 cm³/mol. The molecular formula is C20H25F3IN5O2. The Labute approximate surface area is 195 Å². The van der Waals surface area contributed by atoms with Crippen LogP contribution in [0.5, 0.6) is 5.75 Å². The van der Waals surface area contributed by atoms with Crippen molar-refractivity contribution >= 4 is 40.9 Å². The first-order chi connectivity index (χ1) is 14.2. The molecule has 2 N–H and O–H groups in total. The van der Waals surface area contributed by atoms with E-state index in [4.69, 9.17) is 9.15 Å². The van der Waals surface area contributed by atoms with Crippen LogP contribution in [0.3, 0.4) is 0 Å². The lowest BCUT2D eigenvalue weighted by molar-refractivity contribution is -0.142. The highest BCUT2D eigenvalue weighted by Gasteiger charge is 2.36. The van der Waals surface area contributed by atoms with Gasteiger partial charge in [-0.15, -0.1) is 24.0 Å². The van der Waals surface area contributed by atoms with Gasteiger partial charge in [0, 0.05) is 37.8 Å². The standard InChI is InChI=1S/C20H24F3N5O2.HI/c1-5-29-15-8-6-7-13-9-16(30-17(13)15)12(2)26-19(24-3)25-10-14-11-28(4)27-18(14)20(21,22)23;/h6-9,11-12H,5,10H2,1-4H3,(H2,24,25,26);1H. The Morgan fingerprint density at radius 3 is 2.74 bits per heavy atom. The number of guanidine groups is 1. The van der Waals surface area contributed by atoms with Crippen molar-refractivity contribution in [2.45, 2.75) is 32.6 Å². The zero-order valence-electron chi connectivity index (χ0n) is 17.6. The van der Waals surface area contributed by atoms with E-state index >= 15 is 0 Å². The lowest BCUT2D eigenvalue weighted by Crippen LogP contribution is -2.38. The van der Waals surface area contributed by atoms with E-state index in [-0.39, 0.29) is 42.1 Å². The first kappa shape index (κ1) is 24.8. The number of para-hydroxylation sites is 1. The van der Waals surface area contributed by atoms with Gasteiger partial charge >= 0.3 is 6.18 Å². The average Bonchev–Trinajstić information content (AvgIpc) is 3.29. The monoisotopic (exact) mass is 551 g/mol. The Morgan fingerprint density at radius 1 is 1.35 bits per heavy atom. The maximum atomic E-state index is 13.1. The summed E-state index contributed by atoms with van der Waals surface area (Å²) in [6.45, 7) is 4.21. The molecule has 1 unspecified atom stereocenters. The van der Waals surface area contributed by atoms with Crippen molar-refractivity contribution < 1.29 is 22.3 Å². The lowest BCUT2D eigenvalue weighted by Gasteiger charge is -2.16. The summed E-state index contributed by atoms with van der Waals surface area (Å²) in [6, 6.07) is 7.26. The fourth-order valence-electron chi connectivity index (χ4n) is 3.09. The third kappa shape index (κ3) is 5.83. The fraction of sp³-hybridized carbons (Fsp3) is 0.400. The van der Waals surface area contributed by atoms with Crippen LogP contribution in [0.15, 0.2) is 39.9 Å². The van der Waals surface area contributed by atoms with E-state index in [0.29, 0.717) is 29.7 Å². The molecule has 0 aliphatic heterocycles. The third-order valence-electron chi connectivity index (χ3n) is 4.45. The molecule has 1 atom stereocenters. The molecule has 7 nitrogen and oxygen atoms in total. The smallest absolute Gasteiger partial charge is 0.435 e. The second kappa shape index (κ2) is 10.2. The van der Waals surface area contributed by atoms with Gasteiger partial charge in [-0.1, -0.05) is 12.1 Å². The molecule has 11 heteroatoms. The molecule has 0 aliphatic carbocycles. The highest BCUT2D eigenvalue weighted by molar-refractivity contribution is 14.0. The average molecular weight is 551 g/mol. The van der Waals surface area contributed by atoms with Crippen LogP contribution in [-0.4, -0.2) is 29.4 Å². The molecule has 3 rings (SSSR count). The van der Waals surface area contributed by atoms with Gasteiger partial charge in [-0.2, -0.15) is 18.3 Å². The summed E-state index contributed by atoms with van der Waals surface area (Å²) >= 11 is 0. The summed E-state index contributed by atoms with van der Waals surface area (Å²) < 4.78 is 52.0. The summed E-state index contributed by atoms with van der Waals surface area (Å²) in [5, 5.41) is 10.4. The lowest BCUT2D eigenvalue weighted by atomic mass is 10.2. The second-order valence-corrected chi connectivity index (χ2v) is 6.72. The van der Waals surface area contributed by atoms with Crippen LogP contribution >= 0.6 is 24.0 Å². The number of nitrogens with zero attached hydrogens (tertiary/aromatic N) is 3. The molecule has 3 aromatic rings. The quantitative estimate of drug-likeness (QED) is 0.266. The minimum Gasteiger partial charge on any atom is -0.490 e. The first-order valence-corrected chi connectivity index (χ1v) is 9.45. The number of hydrogen-bond donors (Lipinski definition) is 2. The number of ether oxygens (including phenoxy) is 1. The molecule has 170 valence electrons. The maximum absolute atomic E-state index is 13.1. The molecule has 2 aromatic heterocycles. The van der Waals surface area contributed by atoms with Crippen molar-refractivity contribution in [2.24, 2.45) is 12.0 Å². The minimum absolute atomic E-state index is 0. The van der Waals surface area contributed by atoms with Gasteiger partial charge in [-0.3, -0.25) is 9.67 Å². The Balaban J connectivity index is 0.00000341. The Hall–Kier alpha value is -2.44. The van der Waals surface area contributed by atoms with Crippen LogP contribution in [0.2, 0.25) is 0 Å². The second-order valence-electron chi connectivity index (χ2n) is 6.72. The van der Waals surface area contributed by atoms with Crippen LogP contribution in [0.4, 0.5) is 13.2 Å². The van der Waals surface area contributed by atoms with E-state index in [2.05, 4.69) is 20.7 Å². The van der Waals surface area contributed by atoms with Gasteiger partial charge in [0.2, 0.25) is 0 Å². The molecule has 1 aromatic carbocycles. The highest BCUT2D eigenvalue weighted by atomic mass is 127. The van der Waals surface area contributed by atoms with Gasteiger partial charge in [0.1, 0.15) is 5.76 Å². The van der Waals surface area contributed by atoms with Crippen molar-refractivity contribution in [2.75, 3.05) is 13.7 Å². The molecule has 0 saturated carbocycles. The number of aryl methyl sites for hydroxylation is 1. The summed E-state index contributed by atoms with van der Waals surface area (Å²) in [4.78, 5) is 4.09. The van der Waals surface area contributed by atoms with Crippen LogP contribution in [-0.2, 0) is 19.8 Å². The first-order valence-electron chi connectivity index (χ1n) is 9.45. The molecule has 0 saturated heterocycles. The van der Waals surface area contributed by atoms with Crippen molar-refractivity contribution in [3.63, 3.8) is 0 Å². The van der Waals surface area contributed by atoms with Crippen molar-refractivity contribution in [3.8, 4) is 5.75 Å². The number of benzene rings is 1. The number of rotatable bonds is 6. The topological polar surface area (TPSA) is 76.6 Å². The Bertz CT molecular complexity index is 1050. The number of aliphatic imine (C=N–C) groups is 1. The summed E-state index contributed by atoms with van der Waals surface area (Å²) in [6.07, 6.45) is -3.18. The third-order valence-corrected chi connectivity index (χ3v) is 4.45. The van der Waals surface area contributed by atoms with Crippen LogP contribution < -0.4 is 15.4 Å². The number of fused-ring (bicyclic) bond motifs is 1. The van der Waals surface area contributed by atoms with Gasteiger partial charge in [-0.25, -0.2) is 0 Å². The van der Waals surface area contributed by atoms with Gasteiger partial charge < -0.3 is 19.8 Å².